The minimum Gasteiger partial charge on any atom is -0.479 e. The molecule has 0 saturated heterocycles. The largest absolute Gasteiger partial charge is 0.479 e. The van der Waals surface area contributed by atoms with Crippen LogP contribution in [0, 0.1) is 5.82 Å². The van der Waals surface area contributed by atoms with Crippen molar-refractivity contribution in [2.75, 3.05) is 6.61 Å². The van der Waals surface area contributed by atoms with E-state index in [2.05, 4.69) is 0 Å². The molecule has 7 heteroatoms. The molecular weight excluding hydrogens is 280 g/mol. The number of esters is 1. The van der Waals surface area contributed by atoms with Crippen LogP contribution in [0.15, 0.2) is 18.2 Å². The third-order valence-corrected chi connectivity index (χ3v) is 2.44. The first kappa shape index (κ1) is 16.3. The highest BCUT2D eigenvalue weighted by molar-refractivity contribution is 5.75. The molecule has 112 valence electrons. The number of rotatable bonds is 5. The maximum atomic E-state index is 13.1. The normalized spacial score (nSPS) is 12.9. The Morgan fingerprint density at radius 2 is 1.95 bits per heavy atom. The molecule has 3 nitrogen and oxygen atoms in total. The van der Waals surface area contributed by atoms with E-state index >= 15 is 0 Å². The van der Waals surface area contributed by atoms with Gasteiger partial charge in [-0.1, -0.05) is 6.92 Å². The predicted molar refractivity (Wildman–Crippen MR) is 62.7 cm³/mol. The molecule has 1 unspecified atom stereocenters. The predicted octanol–water partition coefficient (Wildman–Crippen LogP) is 3.57. The summed E-state index contributed by atoms with van der Waals surface area (Å²) in [5.41, 5.74) is -1.44. The maximum absolute atomic E-state index is 13.1. The van der Waals surface area contributed by atoms with Crippen LogP contribution in [-0.2, 0) is 15.7 Å². The molecule has 0 N–H and O–H groups in total. The smallest absolute Gasteiger partial charge is 0.419 e. The van der Waals surface area contributed by atoms with Crippen LogP contribution in [0.3, 0.4) is 0 Å². The van der Waals surface area contributed by atoms with Crippen molar-refractivity contribution in [2.45, 2.75) is 32.5 Å². The van der Waals surface area contributed by atoms with Crippen molar-refractivity contribution in [3.63, 3.8) is 0 Å². The summed E-state index contributed by atoms with van der Waals surface area (Å²) in [6.45, 7) is 3.36. The van der Waals surface area contributed by atoms with Crippen molar-refractivity contribution >= 4 is 5.97 Å². The van der Waals surface area contributed by atoms with Crippen molar-refractivity contribution in [3.05, 3.63) is 29.6 Å². The molecule has 0 aliphatic rings. The van der Waals surface area contributed by atoms with Gasteiger partial charge >= 0.3 is 12.1 Å². The Morgan fingerprint density at radius 3 is 2.45 bits per heavy atom. The zero-order chi connectivity index (χ0) is 15.3. The lowest BCUT2D eigenvalue weighted by molar-refractivity contribution is -0.151. The van der Waals surface area contributed by atoms with E-state index in [4.69, 9.17) is 9.47 Å². The van der Waals surface area contributed by atoms with Gasteiger partial charge in [-0.05, 0) is 31.5 Å². The summed E-state index contributed by atoms with van der Waals surface area (Å²) in [5, 5.41) is 0. The number of carbonyl (C=O) groups is 1. The van der Waals surface area contributed by atoms with Crippen LogP contribution >= 0.6 is 0 Å². The van der Waals surface area contributed by atoms with Crippen LogP contribution in [0.2, 0.25) is 0 Å². The molecule has 1 aromatic rings. The van der Waals surface area contributed by atoms with Crippen LogP contribution in [0.25, 0.3) is 0 Å². The number of hydrogen-bond donors (Lipinski definition) is 0. The lowest BCUT2D eigenvalue weighted by atomic mass is 10.2. The number of halogens is 4. The molecule has 0 amide bonds. The highest BCUT2D eigenvalue weighted by Gasteiger charge is 2.34. The first-order chi connectivity index (χ1) is 9.29. The van der Waals surface area contributed by atoms with Crippen molar-refractivity contribution in [2.24, 2.45) is 0 Å². The second-order valence-electron chi connectivity index (χ2n) is 3.91. The fourth-order valence-corrected chi connectivity index (χ4v) is 1.49. The average Bonchev–Trinajstić information content (AvgIpc) is 2.36. The van der Waals surface area contributed by atoms with Gasteiger partial charge in [0, 0.05) is 0 Å². The Bertz CT molecular complexity index is 471. The first-order valence-electron chi connectivity index (χ1n) is 5.99. The van der Waals surface area contributed by atoms with Crippen molar-refractivity contribution < 1.29 is 31.8 Å². The summed E-state index contributed by atoms with van der Waals surface area (Å²) in [6.07, 6.45) is -5.63. The molecule has 0 spiro atoms. The fraction of sp³-hybridized carbons (Fsp3) is 0.462. The van der Waals surface area contributed by atoms with Gasteiger partial charge < -0.3 is 9.47 Å². The van der Waals surface area contributed by atoms with Crippen molar-refractivity contribution in [1.82, 2.24) is 0 Å². The van der Waals surface area contributed by atoms with Gasteiger partial charge in [-0.25, -0.2) is 9.18 Å². The molecule has 1 aromatic carbocycles. The number of ether oxygens (including phenoxy) is 2. The minimum absolute atomic E-state index is 0.135. The highest BCUT2D eigenvalue weighted by Crippen LogP contribution is 2.33. The Balaban J connectivity index is 2.95. The van der Waals surface area contributed by atoms with Gasteiger partial charge in [-0.3, -0.25) is 0 Å². The summed E-state index contributed by atoms with van der Waals surface area (Å²) in [6, 6.07) is 2.21. The summed E-state index contributed by atoms with van der Waals surface area (Å²) >= 11 is 0. The zero-order valence-electron chi connectivity index (χ0n) is 11.0. The molecule has 0 aliphatic carbocycles. The maximum Gasteiger partial charge on any atom is 0.419 e. The van der Waals surface area contributed by atoms with E-state index in [9.17, 15) is 22.4 Å². The summed E-state index contributed by atoms with van der Waals surface area (Å²) in [4.78, 5) is 11.5. The number of alkyl halides is 3. The van der Waals surface area contributed by atoms with E-state index in [1.165, 1.54) is 0 Å². The van der Waals surface area contributed by atoms with Crippen molar-refractivity contribution in [3.8, 4) is 5.75 Å². The average molecular weight is 294 g/mol. The Hall–Kier alpha value is -1.79. The second kappa shape index (κ2) is 6.58. The SMILES string of the molecule is CCOC(=O)C(CC)Oc1ccc(F)c(C(F)(F)F)c1. The number of carbonyl (C=O) groups excluding carboxylic acids is 1. The lowest BCUT2D eigenvalue weighted by Crippen LogP contribution is -2.28. The molecule has 0 heterocycles. The molecule has 0 saturated carbocycles. The van der Waals surface area contributed by atoms with Gasteiger partial charge in [0.25, 0.3) is 0 Å². The third-order valence-electron chi connectivity index (χ3n) is 2.44. The lowest BCUT2D eigenvalue weighted by Gasteiger charge is -2.17. The second-order valence-corrected chi connectivity index (χ2v) is 3.91. The summed E-state index contributed by atoms with van der Waals surface area (Å²) < 4.78 is 60.6. The van der Waals surface area contributed by atoms with Gasteiger partial charge in [0.1, 0.15) is 11.6 Å². The highest BCUT2D eigenvalue weighted by atomic mass is 19.4. The first-order valence-corrected chi connectivity index (χ1v) is 5.99. The number of benzene rings is 1. The molecule has 0 bridgehead atoms. The molecule has 20 heavy (non-hydrogen) atoms. The minimum atomic E-state index is -4.82. The topological polar surface area (TPSA) is 35.5 Å². The van der Waals surface area contributed by atoms with Crippen LogP contribution in [0.1, 0.15) is 25.8 Å². The Kier molecular flexibility index (Phi) is 5.35. The van der Waals surface area contributed by atoms with Crippen LogP contribution in [0.4, 0.5) is 17.6 Å². The molecule has 0 aromatic heterocycles. The third kappa shape index (κ3) is 4.11. The quantitative estimate of drug-likeness (QED) is 0.615. The van der Waals surface area contributed by atoms with E-state index < -0.39 is 29.6 Å². The number of hydrogen-bond acceptors (Lipinski definition) is 3. The van der Waals surface area contributed by atoms with Crippen LogP contribution in [-0.4, -0.2) is 18.7 Å². The standard InChI is InChI=1S/C13H14F4O3/c1-3-11(12(18)19-4-2)20-8-5-6-10(14)9(7-8)13(15,16)17/h5-7,11H,3-4H2,1-2H3. The molecule has 1 atom stereocenters. The fourth-order valence-electron chi connectivity index (χ4n) is 1.49. The molecule has 0 radical (unpaired) electrons. The zero-order valence-corrected chi connectivity index (χ0v) is 11.0. The Labute approximate surface area is 113 Å². The van der Waals surface area contributed by atoms with E-state index in [-0.39, 0.29) is 18.8 Å². The van der Waals surface area contributed by atoms with Crippen molar-refractivity contribution in [1.29, 1.82) is 0 Å². The van der Waals surface area contributed by atoms with Gasteiger partial charge in [0.05, 0.1) is 12.2 Å². The van der Waals surface area contributed by atoms with Crippen LogP contribution in [0.5, 0.6) is 5.75 Å². The summed E-state index contributed by atoms with van der Waals surface area (Å²) in [5.74, 6) is -2.31. The van der Waals surface area contributed by atoms with E-state index in [0.29, 0.717) is 12.1 Å². The monoisotopic (exact) mass is 294 g/mol. The van der Waals surface area contributed by atoms with Gasteiger partial charge in [0.15, 0.2) is 6.10 Å². The van der Waals surface area contributed by atoms with Gasteiger partial charge in [0.2, 0.25) is 0 Å². The summed E-state index contributed by atoms with van der Waals surface area (Å²) in [7, 11) is 0. The van der Waals surface area contributed by atoms with E-state index in [0.717, 1.165) is 6.07 Å². The van der Waals surface area contributed by atoms with E-state index in [1.807, 2.05) is 0 Å². The van der Waals surface area contributed by atoms with Gasteiger partial charge in [-0.15, -0.1) is 0 Å². The molecule has 0 fully saturated rings. The Morgan fingerprint density at radius 1 is 1.30 bits per heavy atom. The van der Waals surface area contributed by atoms with E-state index in [1.54, 1.807) is 13.8 Å². The van der Waals surface area contributed by atoms with Gasteiger partial charge in [-0.2, -0.15) is 13.2 Å². The molecular formula is C13H14F4O3. The molecule has 1 rings (SSSR count). The molecule has 0 aliphatic heterocycles. The van der Waals surface area contributed by atoms with Crippen LogP contribution < -0.4 is 4.74 Å².